The first-order valence-corrected chi connectivity index (χ1v) is 8.44. The summed E-state index contributed by atoms with van der Waals surface area (Å²) in [5.41, 5.74) is 2.96. The van der Waals surface area contributed by atoms with Gasteiger partial charge in [0.2, 0.25) is 0 Å². The van der Waals surface area contributed by atoms with Gasteiger partial charge in [-0.15, -0.1) is 0 Å². The number of nitro groups is 1. The highest BCUT2D eigenvalue weighted by molar-refractivity contribution is 5.49. The summed E-state index contributed by atoms with van der Waals surface area (Å²) in [5.74, 6) is 0.273. The van der Waals surface area contributed by atoms with Crippen molar-refractivity contribution in [2.45, 2.75) is 38.5 Å². The Hall–Kier alpha value is -2.44. The summed E-state index contributed by atoms with van der Waals surface area (Å²) in [5, 5.41) is 25.1. The molecule has 0 aliphatic heterocycles. The lowest BCUT2D eigenvalue weighted by molar-refractivity contribution is -0.385. The Kier molecular flexibility index (Phi) is 5.01. The molecule has 132 valence electrons. The fourth-order valence-corrected chi connectivity index (χ4v) is 3.36. The largest absolute Gasteiger partial charge is 0.487 e. The number of fused-ring (bicyclic) bond motifs is 1. The second-order valence-corrected chi connectivity index (χ2v) is 6.25. The predicted molar refractivity (Wildman–Crippen MR) is 94.7 cm³/mol. The van der Waals surface area contributed by atoms with Crippen molar-refractivity contribution in [1.29, 1.82) is 0 Å². The Balaban J connectivity index is 1.83. The molecule has 0 heterocycles. The van der Waals surface area contributed by atoms with Gasteiger partial charge in [0.25, 0.3) is 0 Å². The first-order valence-electron chi connectivity index (χ1n) is 8.44. The predicted octanol–water partition coefficient (Wildman–Crippen LogP) is 3.30. The van der Waals surface area contributed by atoms with Gasteiger partial charge in [-0.05, 0) is 36.6 Å². The van der Waals surface area contributed by atoms with Crippen LogP contribution >= 0.6 is 0 Å². The highest BCUT2D eigenvalue weighted by Crippen LogP contribution is 2.35. The van der Waals surface area contributed by atoms with Crippen molar-refractivity contribution in [3.8, 4) is 5.75 Å². The van der Waals surface area contributed by atoms with Gasteiger partial charge in [0.15, 0.2) is 5.75 Å². The molecular weight excluding hydrogens is 320 g/mol. The molecule has 2 aromatic rings. The number of ether oxygens (including phenoxy) is 1. The lowest BCUT2D eigenvalue weighted by Crippen LogP contribution is -2.31. The normalized spacial score (nSPS) is 20.1. The van der Waals surface area contributed by atoms with Gasteiger partial charge in [-0.2, -0.15) is 0 Å². The zero-order chi connectivity index (χ0) is 18.0. The van der Waals surface area contributed by atoms with Crippen molar-refractivity contribution in [3.05, 3.63) is 69.3 Å². The van der Waals surface area contributed by atoms with Crippen LogP contribution < -0.4 is 10.1 Å². The quantitative estimate of drug-likeness (QED) is 0.621. The number of benzene rings is 2. The summed E-state index contributed by atoms with van der Waals surface area (Å²) in [7, 11) is 0. The van der Waals surface area contributed by atoms with Crippen LogP contribution in [0.25, 0.3) is 0 Å². The van der Waals surface area contributed by atoms with Crippen LogP contribution in [0.4, 0.5) is 5.69 Å². The number of nitrogens with zero attached hydrogens (tertiary/aromatic N) is 1. The van der Waals surface area contributed by atoms with Crippen molar-refractivity contribution in [3.63, 3.8) is 0 Å². The molecule has 2 N–H and O–H groups in total. The van der Waals surface area contributed by atoms with Gasteiger partial charge in [0, 0.05) is 18.5 Å². The van der Waals surface area contributed by atoms with Crippen LogP contribution in [0.3, 0.4) is 0 Å². The number of nitrogens with one attached hydrogen (secondary N) is 1. The van der Waals surface area contributed by atoms with Gasteiger partial charge in [0.05, 0.1) is 23.7 Å². The summed E-state index contributed by atoms with van der Waals surface area (Å²) in [4.78, 5) is 10.9. The van der Waals surface area contributed by atoms with Crippen LogP contribution in [0.15, 0.2) is 42.5 Å². The molecule has 3 atom stereocenters. The third kappa shape index (κ3) is 3.50. The lowest BCUT2D eigenvalue weighted by atomic mass is 10.0. The van der Waals surface area contributed by atoms with Gasteiger partial charge in [-0.25, -0.2) is 0 Å². The van der Waals surface area contributed by atoms with Crippen molar-refractivity contribution in [2.75, 3.05) is 6.61 Å². The standard InChI is InChI=1S/C19H22N2O4/c1-3-25-18-9-8-13(10-16(18)21(23)24)12(2)20-19-15-7-5-4-6-14(15)11-17(19)22/h4-10,12,17,19-20,22H,3,11H2,1-2H3. The monoisotopic (exact) mass is 342 g/mol. The van der Waals surface area contributed by atoms with E-state index in [0.717, 1.165) is 16.7 Å². The van der Waals surface area contributed by atoms with Crippen molar-refractivity contribution in [1.82, 2.24) is 5.32 Å². The highest BCUT2D eigenvalue weighted by Gasteiger charge is 2.32. The molecule has 0 fully saturated rings. The molecule has 3 unspecified atom stereocenters. The molecule has 0 bridgehead atoms. The Morgan fingerprint density at radius 1 is 1.36 bits per heavy atom. The van der Waals surface area contributed by atoms with E-state index in [-0.39, 0.29) is 23.5 Å². The fourth-order valence-electron chi connectivity index (χ4n) is 3.36. The molecule has 25 heavy (non-hydrogen) atoms. The van der Waals surface area contributed by atoms with Crippen LogP contribution in [0.5, 0.6) is 5.75 Å². The maximum absolute atomic E-state index is 11.3. The fraction of sp³-hybridized carbons (Fsp3) is 0.368. The van der Waals surface area contributed by atoms with Gasteiger partial charge < -0.3 is 15.2 Å². The van der Waals surface area contributed by atoms with Gasteiger partial charge >= 0.3 is 5.69 Å². The molecule has 0 spiro atoms. The summed E-state index contributed by atoms with van der Waals surface area (Å²) >= 11 is 0. The Morgan fingerprint density at radius 2 is 2.12 bits per heavy atom. The molecule has 0 aromatic heterocycles. The Bertz CT molecular complexity index is 778. The molecule has 0 radical (unpaired) electrons. The van der Waals surface area contributed by atoms with Crippen LogP contribution in [0, 0.1) is 10.1 Å². The first kappa shape index (κ1) is 17.4. The summed E-state index contributed by atoms with van der Waals surface area (Å²) in [6.07, 6.45) is 0.113. The number of hydrogen-bond donors (Lipinski definition) is 2. The third-order valence-electron chi connectivity index (χ3n) is 4.61. The minimum atomic E-state index is -0.502. The summed E-state index contributed by atoms with van der Waals surface area (Å²) in [6.45, 7) is 4.10. The zero-order valence-electron chi connectivity index (χ0n) is 14.3. The van der Waals surface area contributed by atoms with E-state index in [1.165, 1.54) is 6.07 Å². The van der Waals surface area contributed by atoms with Gasteiger partial charge in [0.1, 0.15) is 0 Å². The number of rotatable bonds is 6. The van der Waals surface area contributed by atoms with E-state index in [4.69, 9.17) is 4.74 Å². The smallest absolute Gasteiger partial charge is 0.311 e. The van der Waals surface area contributed by atoms with E-state index in [9.17, 15) is 15.2 Å². The summed E-state index contributed by atoms with van der Waals surface area (Å²) < 4.78 is 5.33. The van der Waals surface area contributed by atoms with Crippen LogP contribution in [0.2, 0.25) is 0 Å². The molecule has 0 amide bonds. The Labute approximate surface area is 146 Å². The average molecular weight is 342 g/mol. The second-order valence-electron chi connectivity index (χ2n) is 6.25. The molecule has 3 rings (SSSR count). The van der Waals surface area contributed by atoms with Crippen molar-refractivity contribution >= 4 is 5.69 Å². The van der Waals surface area contributed by atoms with E-state index >= 15 is 0 Å². The first-order chi connectivity index (χ1) is 12.0. The van der Waals surface area contributed by atoms with E-state index < -0.39 is 11.0 Å². The third-order valence-corrected chi connectivity index (χ3v) is 4.61. The van der Waals surface area contributed by atoms with Crippen molar-refractivity contribution in [2.24, 2.45) is 0 Å². The number of hydrogen-bond acceptors (Lipinski definition) is 5. The second kappa shape index (κ2) is 7.21. The molecule has 0 saturated carbocycles. The van der Waals surface area contributed by atoms with E-state index in [2.05, 4.69) is 5.32 Å². The SMILES string of the molecule is CCOc1ccc(C(C)NC2c3ccccc3CC2O)cc1[N+](=O)[O-]. The van der Waals surface area contributed by atoms with Crippen LogP contribution in [-0.4, -0.2) is 22.7 Å². The zero-order valence-corrected chi connectivity index (χ0v) is 14.3. The molecule has 0 saturated heterocycles. The molecular formula is C19H22N2O4. The molecule has 1 aliphatic rings. The topological polar surface area (TPSA) is 84.6 Å². The molecule has 1 aliphatic carbocycles. The molecule has 2 aromatic carbocycles. The number of aliphatic hydroxyl groups excluding tert-OH is 1. The minimum absolute atomic E-state index is 0.0413. The van der Waals surface area contributed by atoms with Crippen molar-refractivity contribution < 1.29 is 14.8 Å². The highest BCUT2D eigenvalue weighted by atomic mass is 16.6. The minimum Gasteiger partial charge on any atom is -0.487 e. The van der Waals surface area contributed by atoms with E-state index in [1.807, 2.05) is 37.3 Å². The van der Waals surface area contributed by atoms with Gasteiger partial charge in [-0.1, -0.05) is 30.3 Å². The lowest BCUT2D eigenvalue weighted by Gasteiger charge is -2.23. The van der Waals surface area contributed by atoms with Crippen LogP contribution in [0.1, 0.15) is 42.6 Å². The number of nitro benzene ring substituents is 1. The van der Waals surface area contributed by atoms with Crippen LogP contribution in [-0.2, 0) is 6.42 Å². The average Bonchev–Trinajstić information content (AvgIpc) is 2.91. The Morgan fingerprint density at radius 3 is 2.84 bits per heavy atom. The molecule has 6 heteroatoms. The van der Waals surface area contributed by atoms with E-state index in [0.29, 0.717) is 13.0 Å². The number of aliphatic hydroxyl groups is 1. The molecule has 6 nitrogen and oxygen atoms in total. The summed E-state index contributed by atoms with van der Waals surface area (Å²) in [6, 6.07) is 12.6. The van der Waals surface area contributed by atoms with Gasteiger partial charge in [-0.3, -0.25) is 10.1 Å². The maximum Gasteiger partial charge on any atom is 0.311 e. The maximum atomic E-state index is 11.3. The van der Waals surface area contributed by atoms with E-state index in [1.54, 1.807) is 13.0 Å².